The van der Waals surface area contributed by atoms with Gasteiger partial charge in [-0.3, -0.25) is 4.79 Å². The second kappa shape index (κ2) is 6.76. The van der Waals surface area contributed by atoms with Crippen molar-refractivity contribution in [3.05, 3.63) is 0 Å². The van der Waals surface area contributed by atoms with E-state index in [1.165, 1.54) is 19.3 Å². The molecule has 1 saturated heterocycles. The largest absolute Gasteiger partial charge is 0.378 e. The lowest BCUT2D eigenvalue weighted by molar-refractivity contribution is -0.123. The summed E-state index contributed by atoms with van der Waals surface area (Å²) in [6.45, 7) is 0.859. The number of hydrogen-bond donors (Lipinski definition) is 1. The number of ether oxygens (including phenoxy) is 1. The van der Waals surface area contributed by atoms with Crippen molar-refractivity contribution in [1.29, 1.82) is 0 Å². The molecule has 104 valence electrons. The minimum absolute atomic E-state index is 0.119. The Morgan fingerprint density at radius 1 is 1.28 bits per heavy atom. The van der Waals surface area contributed by atoms with Gasteiger partial charge in [-0.05, 0) is 38.5 Å². The molecule has 18 heavy (non-hydrogen) atoms. The van der Waals surface area contributed by atoms with Gasteiger partial charge in [0, 0.05) is 18.9 Å². The van der Waals surface area contributed by atoms with E-state index in [9.17, 15) is 4.79 Å². The molecule has 2 fully saturated rings. The van der Waals surface area contributed by atoms with Crippen LogP contribution in [0.2, 0.25) is 0 Å². The lowest BCUT2D eigenvalue weighted by Crippen LogP contribution is -2.48. The van der Waals surface area contributed by atoms with Gasteiger partial charge in [-0.15, -0.1) is 11.6 Å². The minimum atomic E-state index is -0.119. The molecule has 0 aromatic rings. The molecule has 1 saturated carbocycles. The van der Waals surface area contributed by atoms with Crippen LogP contribution in [0.1, 0.15) is 57.8 Å². The van der Waals surface area contributed by atoms with Crippen molar-refractivity contribution in [2.45, 2.75) is 69.4 Å². The molecule has 0 aromatic carbocycles. The Labute approximate surface area is 115 Å². The average Bonchev–Trinajstić information content (AvgIpc) is 2.87. The predicted octanol–water partition coefficient (Wildman–Crippen LogP) is 3.00. The van der Waals surface area contributed by atoms with Crippen LogP contribution in [0, 0.1) is 0 Å². The zero-order valence-corrected chi connectivity index (χ0v) is 11.8. The number of rotatable bonds is 5. The summed E-state index contributed by atoms with van der Waals surface area (Å²) in [5, 5.41) is 3.16. The van der Waals surface area contributed by atoms with E-state index in [-0.39, 0.29) is 11.4 Å². The highest BCUT2D eigenvalue weighted by Gasteiger charge is 2.34. The molecule has 0 spiro atoms. The van der Waals surface area contributed by atoms with E-state index in [0.717, 1.165) is 38.7 Å². The molecule has 0 radical (unpaired) electrons. The van der Waals surface area contributed by atoms with Crippen molar-refractivity contribution in [2.24, 2.45) is 0 Å². The van der Waals surface area contributed by atoms with Crippen LogP contribution < -0.4 is 5.32 Å². The van der Waals surface area contributed by atoms with Gasteiger partial charge in [0.15, 0.2) is 0 Å². The van der Waals surface area contributed by atoms with E-state index >= 15 is 0 Å². The maximum Gasteiger partial charge on any atom is 0.220 e. The highest BCUT2D eigenvalue weighted by molar-refractivity contribution is 6.18. The zero-order valence-electron chi connectivity index (χ0n) is 11.0. The van der Waals surface area contributed by atoms with Gasteiger partial charge in [0.2, 0.25) is 5.91 Å². The van der Waals surface area contributed by atoms with E-state index in [1.807, 2.05) is 0 Å². The normalized spacial score (nSPS) is 27.1. The molecule has 2 rings (SSSR count). The molecule has 1 N–H and O–H groups in total. The second-order valence-electron chi connectivity index (χ2n) is 5.70. The van der Waals surface area contributed by atoms with E-state index < -0.39 is 0 Å². The van der Waals surface area contributed by atoms with Crippen molar-refractivity contribution < 1.29 is 9.53 Å². The molecule has 1 amide bonds. The lowest BCUT2D eigenvalue weighted by Gasteiger charge is -2.28. The first-order valence-corrected chi connectivity index (χ1v) is 7.76. The van der Waals surface area contributed by atoms with E-state index in [1.54, 1.807) is 0 Å². The van der Waals surface area contributed by atoms with Crippen LogP contribution >= 0.6 is 11.6 Å². The van der Waals surface area contributed by atoms with Crippen molar-refractivity contribution in [2.75, 3.05) is 12.5 Å². The third-order valence-corrected chi connectivity index (χ3v) is 4.70. The maximum atomic E-state index is 12.0. The van der Waals surface area contributed by atoms with Crippen LogP contribution in [0.4, 0.5) is 0 Å². The standard InChI is InChI=1S/C14H24ClNO2/c15-11-14(8-2-3-9-14)16-13(17)7-6-12-5-1-4-10-18-12/h12H,1-11H2,(H,16,17). The fourth-order valence-corrected chi connectivity index (χ4v) is 3.36. The summed E-state index contributed by atoms with van der Waals surface area (Å²) < 4.78 is 5.64. The molecule has 1 heterocycles. The minimum Gasteiger partial charge on any atom is -0.378 e. The summed E-state index contributed by atoms with van der Waals surface area (Å²) in [4.78, 5) is 12.0. The van der Waals surface area contributed by atoms with E-state index in [0.29, 0.717) is 18.4 Å². The molecule has 4 heteroatoms. The van der Waals surface area contributed by atoms with Gasteiger partial charge in [-0.2, -0.15) is 0 Å². The molecule has 3 nitrogen and oxygen atoms in total. The number of halogens is 1. The van der Waals surface area contributed by atoms with Gasteiger partial charge in [-0.25, -0.2) is 0 Å². The summed E-state index contributed by atoms with van der Waals surface area (Å²) in [7, 11) is 0. The first kappa shape index (κ1) is 14.1. The molecule has 1 atom stereocenters. The van der Waals surface area contributed by atoms with Gasteiger partial charge in [0.25, 0.3) is 0 Å². The van der Waals surface area contributed by atoms with Crippen molar-refractivity contribution in [3.63, 3.8) is 0 Å². The highest BCUT2D eigenvalue weighted by atomic mass is 35.5. The molecule has 1 aliphatic heterocycles. The smallest absolute Gasteiger partial charge is 0.220 e. The van der Waals surface area contributed by atoms with Crippen LogP contribution in [0.15, 0.2) is 0 Å². The molecule has 2 aliphatic rings. The second-order valence-corrected chi connectivity index (χ2v) is 5.96. The Hall–Kier alpha value is -0.280. The maximum absolute atomic E-state index is 12.0. The molecule has 1 aliphatic carbocycles. The predicted molar refractivity (Wildman–Crippen MR) is 72.9 cm³/mol. The van der Waals surface area contributed by atoms with Crippen LogP contribution in [-0.4, -0.2) is 30.0 Å². The summed E-state index contributed by atoms with van der Waals surface area (Å²) in [6.07, 6.45) is 9.64. The number of nitrogens with one attached hydrogen (secondary N) is 1. The molecule has 1 unspecified atom stereocenters. The number of alkyl halides is 1. The van der Waals surface area contributed by atoms with Gasteiger partial charge in [-0.1, -0.05) is 12.8 Å². The molecule has 0 bridgehead atoms. The third kappa shape index (κ3) is 3.86. The Morgan fingerprint density at radius 3 is 2.67 bits per heavy atom. The summed E-state index contributed by atoms with van der Waals surface area (Å²) in [5.41, 5.74) is -0.119. The average molecular weight is 274 g/mol. The summed E-state index contributed by atoms with van der Waals surface area (Å²) in [5.74, 6) is 0.685. The van der Waals surface area contributed by atoms with Gasteiger partial charge < -0.3 is 10.1 Å². The van der Waals surface area contributed by atoms with Crippen molar-refractivity contribution >= 4 is 17.5 Å². The van der Waals surface area contributed by atoms with E-state index in [2.05, 4.69) is 5.32 Å². The number of carbonyl (C=O) groups is 1. The van der Waals surface area contributed by atoms with Crippen LogP contribution in [0.5, 0.6) is 0 Å². The first-order chi connectivity index (χ1) is 8.74. The van der Waals surface area contributed by atoms with Crippen LogP contribution in [0.3, 0.4) is 0 Å². The quantitative estimate of drug-likeness (QED) is 0.782. The van der Waals surface area contributed by atoms with Gasteiger partial charge >= 0.3 is 0 Å². The number of hydrogen-bond acceptors (Lipinski definition) is 2. The van der Waals surface area contributed by atoms with Crippen molar-refractivity contribution in [3.8, 4) is 0 Å². The zero-order chi connectivity index (χ0) is 12.8. The van der Waals surface area contributed by atoms with Crippen LogP contribution in [-0.2, 0) is 9.53 Å². The topological polar surface area (TPSA) is 38.3 Å². The first-order valence-electron chi connectivity index (χ1n) is 7.23. The summed E-state index contributed by atoms with van der Waals surface area (Å²) in [6, 6.07) is 0. The number of amides is 1. The Morgan fingerprint density at radius 2 is 2.06 bits per heavy atom. The SMILES string of the molecule is O=C(CCC1CCCCO1)NC1(CCl)CCCC1. The van der Waals surface area contributed by atoms with Gasteiger partial charge in [0.1, 0.15) is 0 Å². The Balaban J connectivity index is 1.70. The molecule has 0 aromatic heterocycles. The number of carbonyl (C=O) groups excluding carboxylic acids is 1. The fourth-order valence-electron chi connectivity index (χ4n) is 3.03. The third-order valence-electron chi connectivity index (χ3n) is 4.19. The fraction of sp³-hybridized carbons (Fsp3) is 0.929. The lowest BCUT2D eigenvalue weighted by atomic mass is 9.99. The van der Waals surface area contributed by atoms with Crippen molar-refractivity contribution in [1.82, 2.24) is 5.32 Å². The monoisotopic (exact) mass is 273 g/mol. The Bertz CT molecular complexity index is 271. The van der Waals surface area contributed by atoms with Gasteiger partial charge in [0.05, 0.1) is 11.6 Å². The van der Waals surface area contributed by atoms with E-state index in [4.69, 9.17) is 16.3 Å². The highest BCUT2D eigenvalue weighted by Crippen LogP contribution is 2.30. The molecular formula is C14H24ClNO2. The van der Waals surface area contributed by atoms with Crippen LogP contribution in [0.25, 0.3) is 0 Å². The summed E-state index contributed by atoms with van der Waals surface area (Å²) >= 11 is 6.02. The Kier molecular flexibility index (Phi) is 5.31. The molecular weight excluding hydrogens is 250 g/mol.